The number of hydrogen-bond acceptors (Lipinski definition) is 5. The van der Waals surface area contributed by atoms with Gasteiger partial charge in [-0.15, -0.1) is 0 Å². The van der Waals surface area contributed by atoms with E-state index < -0.39 is 0 Å². The Hall–Kier alpha value is -1.88. The highest BCUT2D eigenvalue weighted by atomic mass is 16.5. The predicted molar refractivity (Wildman–Crippen MR) is 71.8 cm³/mol. The number of phenols is 1. The molecule has 1 aromatic heterocycles. The summed E-state index contributed by atoms with van der Waals surface area (Å²) in [4.78, 5) is 4.35. The summed E-state index contributed by atoms with van der Waals surface area (Å²) < 4.78 is 5.20. The quantitative estimate of drug-likeness (QED) is 0.745. The van der Waals surface area contributed by atoms with Gasteiger partial charge in [0.15, 0.2) is 5.82 Å². The van der Waals surface area contributed by atoms with Crippen LogP contribution in [0.4, 0.5) is 0 Å². The van der Waals surface area contributed by atoms with Crippen LogP contribution in [0.5, 0.6) is 5.75 Å². The van der Waals surface area contributed by atoms with Crippen molar-refractivity contribution in [1.29, 1.82) is 0 Å². The summed E-state index contributed by atoms with van der Waals surface area (Å²) in [6.45, 7) is 0.732. The first-order chi connectivity index (χ1) is 9.28. The van der Waals surface area contributed by atoms with E-state index in [1.807, 2.05) is 12.1 Å². The van der Waals surface area contributed by atoms with Gasteiger partial charge in [-0.2, -0.15) is 4.98 Å². The van der Waals surface area contributed by atoms with Gasteiger partial charge in [0.05, 0.1) is 0 Å². The third kappa shape index (κ3) is 4.37. The van der Waals surface area contributed by atoms with Gasteiger partial charge in [-0.05, 0) is 37.1 Å². The number of nitrogens with two attached hydrogens (primary N) is 1. The summed E-state index contributed by atoms with van der Waals surface area (Å²) in [6.07, 6.45) is 4.58. The molecule has 0 aliphatic carbocycles. The Morgan fingerprint density at radius 1 is 1.11 bits per heavy atom. The molecule has 0 radical (unpaired) electrons. The van der Waals surface area contributed by atoms with Crippen molar-refractivity contribution in [3.05, 3.63) is 41.5 Å². The largest absolute Gasteiger partial charge is 0.508 e. The Kier molecular flexibility index (Phi) is 4.92. The molecule has 2 aromatic rings. The Morgan fingerprint density at radius 3 is 2.63 bits per heavy atom. The molecule has 5 nitrogen and oxygen atoms in total. The van der Waals surface area contributed by atoms with Crippen LogP contribution in [0.1, 0.15) is 36.5 Å². The summed E-state index contributed by atoms with van der Waals surface area (Å²) in [5.74, 6) is 1.63. The smallest absolute Gasteiger partial charge is 0.226 e. The van der Waals surface area contributed by atoms with E-state index in [2.05, 4.69) is 10.1 Å². The lowest BCUT2D eigenvalue weighted by atomic mass is 10.1. The fourth-order valence-corrected chi connectivity index (χ4v) is 1.86. The van der Waals surface area contributed by atoms with Gasteiger partial charge in [-0.1, -0.05) is 23.7 Å². The molecule has 0 saturated carbocycles. The highest BCUT2D eigenvalue weighted by molar-refractivity contribution is 5.27. The zero-order valence-electron chi connectivity index (χ0n) is 10.9. The van der Waals surface area contributed by atoms with Crippen molar-refractivity contribution < 1.29 is 9.63 Å². The number of aryl methyl sites for hydroxylation is 1. The van der Waals surface area contributed by atoms with E-state index in [0.717, 1.165) is 37.8 Å². The van der Waals surface area contributed by atoms with Crippen molar-refractivity contribution in [3.8, 4) is 5.75 Å². The SMILES string of the molecule is NCCCCCc1nc(Cc2ccc(O)cc2)no1. The van der Waals surface area contributed by atoms with Crippen molar-refractivity contribution >= 4 is 0 Å². The summed E-state index contributed by atoms with van der Waals surface area (Å²) in [5.41, 5.74) is 6.49. The molecule has 0 aliphatic heterocycles. The summed E-state index contributed by atoms with van der Waals surface area (Å²) >= 11 is 0. The summed E-state index contributed by atoms with van der Waals surface area (Å²) in [5, 5.41) is 13.2. The maximum absolute atomic E-state index is 9.21. The number of nitrogens with zero attached hydrogens (tertiary/aromatic N) is 2. The van der Waals surface area contributed by atoms with Gasteiger partial charge >= 0.3 is 0 Å². The topological polar surface area (TPSA) is 85.2 Å². The van der Waals surface area contributed by atoms with Crippen LogP contribution in [0.15, 0.2) is 28.8 Å². The first-order valence-corrected chi connectivity index (χ1v) is 6.57. The maximum Gasteiger partial charge on any atom is 0.226 e. The van der Waals surface area contributed by atoms with Gasteiger partial charge in [-0.3, -0.25) is 0 Å². The molecule has 0 aliphatic rings. The van der Waals surface area contributed by atoms with Crippen molar-refractivity contribution in [3.63, 3.8) is 0 Å². The van der Waals surface area contributed by atoms with E-state index in [9.17, 15) is 5.11 Å². The third-order valence-corrected chi connectivity index (χ3v) is 2.90. The van der Waals surface area contributed by atoms with E-state index in [1.165, 1.54) is 0 Å². The van der Waals surface area contributed by atoms with Crippen LogP contribution in [-0.2, 0) is 12.8 Å². The lowest BCUT2D eigenvalue weighted by Gasteiger charge is -1.96. The molecule has 5 heteroatoms. The third-order valence-electron chi connectivity index (χ3n) is 2.90. The molecule has 1 heterocycles. The second-order valence-electron chi connectivity index (χ2n) is 4.55. The predicted octanol–water partition coefficient (Wildman–Crippen LogP) is 2.04. The van der Waals surface area contributed by atoms with Gasteiger partial charge in [0, 0.05) is 12.8 Å². The molecule has 2 rings (SSSR count). The molecule has 0 amide bonds. The van der Waals surface area contributed by atoms with Gasteiger partial charge in [0.2, 0.25) is 5.89 Å². The lowest BCUT2D eigenvalue weighted by molar-refractivity contribution is 0.369. The van der Waals surface area contributed by atoms with Crippen molar-refractivity contribution in [2.24, 2.45) is 5.73 Å². The Bertz CT molecular complexity index is 494. The first-order valence-electron chi connectivity index (χ1n) is 6.57. The summed E-state index contributed by atoms with van der Waals surface area (Å²) in [7, 11) is 0. The van der Waals surface area contributed by atoms with Gasteiger partial charge in [-0.25, -0.2) is 0 Å². The molecule has 0 fully saturated rings. The minimum absolute atomic E-state index is 0.262. The second-order valence-corrected chi connectivity index (χ2v) is 4.55. The number of aromatic hydroxyl groups is 1. The standard InChI is InChI=1S/C14H19N3O2/c15-9-3-1-2-4-14-16-13(17-19-14)10-11-5-7-12(18)8-6-11/h5-8,18H,1-4,9-10,15H2. The van der Waals surface area contributed by atoms with Crippen molar-refractivity contribution in [2.45, 2.75) is 32.1 Å². The molecule has 102 valence electrons. The fraction of sp³-hybridized carbons (Fsp3) is 0.429. The number of rotatable bonds is 7. The van der Waals surface area contributed by atoms with Crippen LogP contribution in [0.2, 0.25) is 0 Å². The van der Waals surface area contributed by atoms with Crippen LogP contribution >= 0.6 is 0 Å². The number of unbranched alkanes of at least 4 members (excludes halogenated alkanes) is 2. The Labute approximate surface area is 112 Å². The minimum Gasteiger partial charge on any atom is -0.508 e. The van der Waals surface area contributed by atoms with Gasteiger partial charge < -0.3 is 15.4 Å². The van der Waals surface area contributed by atoms with Crippen molar-refractivity contribution in [2.75, 3.05) is 6.54 Å². The van der Waals surface area contributed by atoms with Gasteiger partial charge in [0.25, 0.3) is 0 Å². The summed E-state index contributed by atoms with van der Waals surface area (Å²) in [6, 6.07) is 7.02. The molecule has 19 heavy (non-hydrogen) atoms. The van der Waals surface area contributed by atoms with E-state index in [-0.39, 0.29) is 5.75 Å². The molecular formula is C14H19N3O2. The Balaban J connectivity index is 1.85. The molecule has 0 atom stereocenters. The fourth-order valence-electron chi connectivity index (χ4n) is 1.86. The highest BCUT2D eigenvalue weighted by Gasteiger charge is 2.06. The molecule has 0 spiro atoms. The second kappa shape index (κ2) is 6.89. The molecule has 0 saturated heterocycles. The zero-order valence-corrected chi connectivity index (χ0v) is 10.9. The van der Waals surface area contributed by atoms with E-state index >= 15 is 0 Å². The minimum atomic E-state index is 0.262. The normalized spacial score (nSPS) is 10.8. The van der Waals surface area contributed by atoms with Crippen LogP contribution in [-0.4, -0.2) is 21.8 Å². The van der Waals surface area contributed by atoms with Crippen LogP contribution in [0.3, 0.4) is 0 Å². The average molecular weight is 261 g/mol. The molecular weight excluding hydrogens is 242 g/mol. The average Bonchev–Trinajstić information content (AvgIpc) is 2.85. The monoisotopic (exact) mass is 261 g/mol. The Morgan fingerprint density at radius 2 is 1.89 bits per heavy atom. The maximum atomic E-state index is 9.21. The van der Waals surface area contributed by atoms with Gasteiger partial charge in [0.1, 0.15) is 5.75 Å². The molecule has 3 N–H and O–H groups in total. The zero-order chi connectivity index (χ0) is 13.5. The lowest BCUT2D eigenvalue weighted by Crippen LogP contribution is -1.98. The molecule has 1 aromatic carbocycles. The number of aromatic nitrogens is 2. The first kappa shape index (κ1) is 13.5. The van der Waals surface area contributed by atoms with Crippen LogP contribution < -0.4 is 5.73 Å². The molecule has 0 bridgehead atoms. The molecule has 0 unspecified atom stereocenters. The van der Waals surface area contributed by atoms with Crippen molar-refractivity contribution in [1.82, 2.24) is 10.1 Å². The van der Waals surface area contributed by atoms with Crippen LogP contribution in [0, 0.1) is 0 Å². The number of hydrogen-bond donors (Lipinski definition) is 2. The number of phenolic OH excluding ortho intramolecular Hbond substituents is 1. The van der Waals surface area contributed by atoms with E-state index in [1.54, 1.807) is 12.1 Å². The van der Waals surface area contributed by atoms with E-state index in [0.29, 0.717) is 18.1 Å². The van der Waals surface area contributed by atoms with Crippen LogP contribution in [0.25, 0.3) is 0 Å². The highest BCUT2D eigenvalue weighted by Crippen LogP contribution is 2.13. The van der Waals surface area contributed by atoms with E-state index in [4.69, 9.17) is 10.3 Å². The number of benzene rings is 1.